The first-order valence-corrected chi connectivity index (χ1v) is 5.50. The molecule has 1 aliphatic rings. The van der Waals surface area contributed by atoms with Crippen molar-refractivity contribution < 1.29 is 9.84 Å². The van der Waals surface area contributed by atoms with Gasteiger partial charge in [-0.05, 0) is 13.8 Å². The summed E-state index contributed by atoms with van der Waals surface area (Å²) in [4.78, 5) is 10.8. The topological polar surface area (TPSA) is 58.5 Å². The van der Waals surface area contributed by atoms with Crippen LogP contribution in [0.2, 0.25) is 0 Å². The number of anilines is 1. The third-order valence-corrected chi connectivity index (χ3v) is 2.76. The van der Waals surface area contributed by atoms with Crippen LogP contribution >= 0.6 is 0 Å². The van der Waals surface area contributed by atoms with Crippen LogP contribution in [-0.2, 0) is 11.3 Å². The molecule has 0 bridgehead atoms. The highest BCUT2D eigenvalue weighted by atomic mass is 16.5. The number of nitrogens with zero attached hydrogens (tertiary/aromatic N) is 3. The molecule has 1 fully saturated rings. The lowest BCUT2D eigenvalue weighted by Gasteiger charge is -2.31. The summed E-state index contributed by atoms with van der Waals surface area (Å²) in [5.41, 5.74) is 1.62. The monoisotopic (exact) mass is 223 g/mol. The second-order valence-corrected chi connectivity index (χ2v) is 4.07. The van der Waals surface area contributed by atoms with E-state index in [0.717, 1.165) is 30.3 Å². The standard InChI is InChI=1S/C11H17N3O2/c1-8-6-14(3-4-16-8)11-12-5-10(7-15)9(2)13-11/h5,8,15H,3-4,6-7H2,1-2H3. The van der Waals surface area contributed by atoms with E-state index >= 15 is 0 Å². The molecule has 5 nitrogen and oxygen atoms in total. The fourth-order valence-corrected chi connectivity index (χ4v) is 1.79. The van der Waals surface area contributed by atoms with Gasteiger partial charge in [0, 0.05) is 30.5 Å². The smallest absolute Gasteiger partial charge is 0.225 e. The van der Waals surface area contributed by atoms with E-state index in [4.69, 9.17) is 9.84 Å². The molecule has 1 N–H and O–H groups in total. The molecule has 0 aliphatic carbocycles. The molecular weight excluding hydrogens is 206 g/mol. The molecule has 1 saturated heterocycles. The highest BCUT2D eigenvalue weighted by Crippen LogP contribution is 2.14. The number of aliphatic hydroxyl groups excluding tert-OH is 1. The summed E-state index contributed by atoms with van der Waals surface area (Å²) in [6.07, 6.45) is 1.91. The maximum absolute atomic E-state index is 9.05. The van der Waals surface area contributed by atoms with Crippen molar-refractivity contribution >= 4 is 5.95 Å². The first kappa shape index (κ1) is 11.3. The molecule has 2 heterocycles. The van der Waals surface area contributed by atoms with Crippen LogP contribution in [-0.4, -0.2) is 40.9 Å². The van der Waals surface area contributed by atoms with Crippen molar-refractivity contribution in [3.63, 3.8) is 0 Å². The maximum atomic E-state index is 9.05. The Morgan fingerprint density at radius 1 is 1.62 bits per heavy atom. The number of ether oxygens (including phenoxy) is 1. The van der Waals surface area contributed by atoms with Crippen molar-refractivity contribution in [3.8, 4) is 0 Å². The Kier molecular flexibility index (Phi) is 3.36. The Morgan fingerprint density at radius 3 is 3.06 bits per heavy atom. The fourth-order valence-electron chi connectivity index (χ4n) is 1.79. The Balaban J connectivity index is 2.17. The van der Waals surface area contributed by atoms with Crippen molar-refractivity contribution in [2.24, 2.45) is 0 Å². The van der Waals surface area contributed by atoms with Gasteiger partial charge in [0.05, 0.1) is 19.3 Å². The summed E-state index contributed by atoms with van der Waals surface area (Å²) in [5, 5.41) is 9.05. The van der Waals surface area contributed by atoms with Gasteiger partial charge in [0.2, 0.25) is 5.95 Å². The zero-order valence-corrected chi connectivity index (χ0v) is 9.68. The summed E-state index contributed by atoms with van der Waals surface area (Å²) in [6, 6.07) is 0. The molecular formula is C11H17N3O2. The second kappa shape index (κ2) is 4.76. The molecule has 0 spiro atoms. The molecule has 1 unspecified atom stereocenters. The molecule has 5 heteroatoms. The summed E-state index contributed by atoms with van der Waals surface area (Å²) < 4.78 is 5.47. The van der Waals surface area contributed by atoms with E-state index in [1.54, 1.807) is 6.20 Å². The summed E-state index contributed by atoms with van der Waals surface area (Å²) >= 11 is 0. The number of aromatic nitrogens is 2. The third kappa shape index (κ3) is 2.31. The van der Waals surface area contributed by atoms with Gasteiger partial charge in [0.25, 0.3) is 0 Å². The van der Waals surface area contributed by atoms with E-state index in [-0.39, 0.29) is 12.7 Å². The molecule has 1 aromatic heterocycles. The summed E-state index contributed by atoms with van der Waals surface area (Å²) in [6.45, 7) is 6.28. The number of aryl methyl sites for hydroxylation is 1. The molecule has 88 valence electrons. The lowest BCUT2D eigenvalue weighted by atomic mass is 10.2. The minimum absolute atomic E-state index is 0.00831. The average Bonchev–Trinajstić information content (AvgIpc) is 2.29. The van der Waals surface area contributed by atoms with Gasteiger partial charge in [-0.3, -0.25) is 0 Å². The molecule has 1 aromatic rings. The third-order valence-electron chi connectivity index (χ3n) is 2.76. The van der Waals surface area contributed by atoms with Gasteiger partial charge in [-0.2, -0.15) is 0 Å². The van der Waals surface area contributed by atoms with Crippen LogP contribution < -0.4 is 4.90 Å². The van der Waals surface area contributed by atoms with Gasteiger partial charge < -0.3 is 14.7 Å². The highest BCUT2D eigenvalue weighted by molar-refractivity contribution is 5.33. The Bertz CT molecular complexity index is 370. The number of aliphatic hydroxyl groups is 1. The summed E-state index contributed by atoms with van der Waals surface area (Å²) in [7, 11) is 0. The Morgan fingerprint density at radius 2 is 2.44 bits per heavy atom. The number of hydrogen-bond donors (Lipinski definition) is 1. The van der Waals surface area contributed by atoms with Gasteiger partial charge in [0.1, 0.15) is 0 Å². The Labute approximate surface area is 95.1 Å². The highest BCUT2D eigenvalue weighted by Gasteiger charge is 2.19. The van der Waals surface area contributed by atoms with Gasteiger partial charge >= 0.3 is 0 Å². The van der Waals surface area contributed by atoms with E-state index < -0.39 is 0 Å². The van der Waals surface area contributed by atoms with Gasteiger partial charge in [-0.1, -0.05) is 0 Å². The molecule has 0 aromatic carbocycles. The normalized spacial score (nSPS) is 21.2. The molecule has 1 atom stereocenters. The van der Waals surface area contributed by atoms with E-state index in [2.05, 4.69) is 14.9 Å². The zero-order valence-electron chi connectivity index (χ0n) is 9.68. The van der Waals surface area contributed by atoms with Crippen LogP contribution in [0, 0.1) is 6.92 Å². The van der Waals surface area contributed by atoms with Crippen LogP contribution in [0.1, 0.15) is 18.2 Å². The minimum Gasteiger partial charge on any atom is -0.392 e. The van der Waals surface area contributed by atoms with Crippen molar-refractivity contribution in [1.29, 1.82) is 0 Å². The molecule has 16 heavy (non-hydrogen) atoms. The largest absolute Gasteiger partial charge is 0.392 e. The van der Waals surface area contributed by atoms with Crippen molar-refractivity contribution in [1.82, 2.24) is 9.97 Å². The lowest BCUT2D eigenvalue weighted by Crippen LogP contribution is -2.42. The predicted octanol–water partition coefficient (Wildman–Crippen LogP) is 0.502. The van der Waals surface area contributed by atoms with Crippen molar-refractivity contribution in [2.45, 2.75) is 26.6 Å². The van der Waals surface area contributed by atoms with Crippen LogP contribution in [0.4, 0.5) is 5.95 Å². The van der Waals surface area contributed by atoms with E-state index in [1.165, 1.54) is 0 Å². The Hall–Kier alpha value is -1.20. The predicted molar refractivity (Wildman–Crippen MR) is 60.3 cm³/mol. The number of morpholine rings is 1. The quantitative estimate of drug-likeness (QED) is 0.791. The molecule has 0 amide bonds. The van der Waals surface area contributed by atoms with Crippen LogP contribution in [0.5, 0.6) is 0 Å². The second-order valence-electron chi connectivity index (χ2n) is 4.07. The molecule has 0 radical (unpaired) electrons. The molecule has 2 rings (SSSR count). The number of rotatable bonds is 2. The van der Waals surface area contributed by atoms with Crippen LogP contribution in [0.25, 0.3) is 0 Å². The summed E-state index contributed by atoms with van der Waals surface area (Å²) in [5.74, 6) is 0.727. The zero-order chi connectivity index (χ0) is 11.5. The molecule has 0 saturated carbocycles. The molecule has 1 aliphatic heterocycles. The van der Waals surface area contributed by atoms with E-state index in [9.17, 15) is 0 Å². The number of hydrogen-bond acceptors (Lipinski definition) is 5. The maximum Gasteiger partial charge on any atom is 0.225 e. The van der Waals surface area contributed by atoms with Crippen LogP contribution in [0.15, 0.2) is 6.20 Å². The fraction of sp³-hybridized carbons (Fsp3) is 0.636. The van der Waals surface area contributed by atoms with E-state index in [0.29, 0.717) is 6.61 Å². The first-order valence-electron chi connectivity index (χ1n) is 5.50. The van der Waals surface area contributed by atoms with Gasteiger partial charge in [-0.25, -0.2) is 9.97 Å². The minimum atomic E-state index is -0.00831. The first-order chi connectivity index (χ1) is 7.70. The SMILES string of the molecule is Cc1nc(N2CCOC(C)C2)ncc1CO. The van der Waals surface area contributed by atoms with Crippen molar-refractivity contribution in [2.75, 3.05) is 24.6 Å². The van der Waals surface area contributed by atoms with Crippen LogP contribution in [0.3, 0.4) is 0 Å². The van der Waals surface area contributed by atoms with Gasteiger partial charge in [-0.15, -0.1) is 0 Å². The van der Waals surface area contributed by atoms with Crippen molar-refractivity contribution in [3.05, 3.63) is 17.5 Å². The average molecular weight is 223 g/mol. The van der Waals surface area contributed by atoms with E-state index in [1.807, 2.05) is 13.8 Å². The van der Waals surface area contributed by atoms with Gasteiger partial charge in [0.15, 0.2) is 0 Å². The lowest BCUT2D eigenvalue weighted by molar-refractivity contribution is 0.0526.